The first-order valence-corrected chi connectivity index (χ1v) is 11.4. The third-order valence-electron chi connectivity index (χ3n) is 7.19. The summed E-state index contributed by atoms with van der Waals surface area (Å²) in [6.45, 7) is 1.29. The highest BCUT2D eigenvalue weighted by Gasteiger charge is 2.41. The monoisotopic (exact) mass is 469 g/mol. The highest BCUT2D eigenvalue weighted by atomic mass is 19.1. The molecule has 2 saturated heterocycles. The highest BCUT2D eigenvalue weighted by Crippen LogP contribution is 2.37. The molecule has 2 fully saturated rings. The number of nitrogens with zero attached hydrogens (tertiary/aromatic N) is 2. The molecule has 3 aliphatic rings. The van der Waals surface area contributed by atoms with Gasteiger partial charge in [0.2, 0.25) is 11.8 Å². The van der Waals surface area contributed by atoms with Crippen molar-refractivity contribution in [3.8, 4) is 0 Å². The Morgan fingerprint density at radius 3 is 2.44 bits per heavy atom. The zero-order chi connectivity index (χ0) is 24.0. The van der Waals surface area contributed by atoms with E-state index in [1.54, 1.807) is 12.1 Å². The lowest BCUT2D eigenvalue weighted by atomic mass is 9.83. The van der Waals surface area contributed by atoms with Gasteiger partial charge >= 0.3 is 0 Å². The molecule has 0 bridgehead atoms. The first-order valence-electron chi connectivity index (χ1n) is 11.4. The van der Waals surface area contributed by atoms with E-state index in [1.807, 2.05) is 11.0 Å². The number of imide groups is 1. The number of hydrogen-bond donors (Lipinski definition) is 2. The van der Waals surface area contributed by atoms with Gasteiger partial charge in [-0.05, 0) is 48.6 Å². The van der Waals surface area contributed by atoms with Crippen molar-refractivity contribution < 1.29 is 28.3 Å². The molecule has 0 saturated carbocycles. The van der Waals surface area contributed by atoms with Crippen LogP contribution in [0.15, 0.2) is 36.4 Å². The summed E-state index contributed by atoms with van der Waals surface area (Å²) >= 11 is 0. The van der Waals surface area contributed by atoms with Gasteiger partial charge in [0, 0.05) is 43.7 Å². The number of fused-ring (bicyclic) bond motifs is 1. The summed E-state index contributed by atoms with van der Waals surface area (Å²) in [5.74, 6) is -2.21. The van der Waals surface area contributed by atoms with Crippen molar-refractivity contribution in [1.82, 2.24) is 15.1 Å². The smallest absolute Gasteiger partial charge is 0.255 e. The van der Waals surface area contributed by atoms with Crippen LogP contribution in [0.5, 0.6) is 0 Å². The van der Waals surface area contributed by atoms with Crippen molar-refractivity contribution in [2.75, 3.05) is 13.1 Å². The van der Waals surface area contributed by atoms with Crippen LogP contribution in [0.1, 0.15) is 52.7 Å². The fourth-order valence-electron chi connectivity index (χ4n) is 5.14. The van der Waals surface area contributed by atoms with E-state index in [4.69, 9.17) is 0 Å². The summed E-state index contributed by atoms with van der Waals surface area (Å²) < 4.78 is 28.0. The van der Waals surface area contributed by atoms with Gasteiger partial charge in [0.05, 0.1) is 5.60 Å². The number of carbonyl (C=O) groups excluding carboxylic acids is 3. The van der Waals surface area contributed by atoms with E-state index in [2.05, 4.69) is 5.32 Å². The van der Waals surface area contributed by atoms with Crippen LogP contribution in [0.25, 0.3) is 0 Å². The topological polar surface area (TPSA) is 90.0 Å². The zero-order valence-corrected chi connectivity index (χ0v) is 18.5. The molecule has 7 nitrogen and oxygen atoms in total. The third-order valence-corrected chi connectivity index (χ3v) is 7.19. The quantitative estimate of drug-likeness (QED) is 0.671. The van der Waals surface area contributed by atoms with Crippen molar-refractivity contribution >= 4 is 17.7 Å². The molecule has 1 atom stereocenters. The normalized spacial score (nSPS) is 22.6. The molecule has 9 heteroatoms. The fraction of sp³-hybridized carbons (Fsp3) is 0.400. The predicted molar refractivity (Wildman–Crippen MR) is 117 cm³/mol. The Bertz CT molecular complexity index is 1160. The Labute approximate surface area is 195 Å². The summed E-state index contributed by atoms with van der Waals surface area (Å²) in [5.41, 5.74) is 0.809. The van der Waals surface area contributed by atoms with E-state index in [1.165, 1.54) is 23.1 Å². The van der Waals surface area contributed by atoms with Gasteiger partial charge < -0.3 is 10.0 Å². The first kappa shape index (κ1) is 22.6. The number of benzene rings is 2. The van der Waals surface area contributed by atoms with Gasteiger partial charge in [-0.15, -0.1) is 0 Å². The van der Waals surface area contributed by atoms with Crippen molar-refractivity contribution in [2.45, 2.75) is 50.4 Å². The van der Waals surface area contributed by atoms with Crippen LogP contribution >= 0.6 is 0 Å². The second-order valence-electron chi connectivity index (χ2n) is 9.28. The molecule has 2 aromatic carbocycles. The van der Waals surface area contributed by atoms with E-state index < -0.39 is 29.2 Å². The highest BCUT2D eigenvalue weighted by molar-refractivity contribution is 6.05. The summed E-state index contributed by atoms with van der Waals surface area (Å²) in [7, 11) is 0. The van der Waals surface area contributed by atoms with Crippen molar-refractivity contribution in [3.63, 3.8) is 0 Å². The maximum absolute atomic E-state index is 14.0. The van der Waals surface area contributed by atoms with Crippen LogP contribution < -0.4 is 5.32 Å². The van der Waals surface area contributed by atoms with Gasteiger partial charge in [0.15, 0.2) is 0 Å². The molecule has 34 heavy (non-hydrogen) atoms. The van der Waals surface area contributed by atoms with Gasteiger partial charge in [0.25, 0.3) is 5.91 Å². The summed E-state index contributed by atoms with van der Waals surface area (Å²) in [6.07, 6.45) is 1.24. The number of likely N-dealkylation sites (tertiary alicyclic amines) is 1. The molecule has 0 aliphatic carbocycles. The Balaban J connectivity index is 1.28. The van der Waals surface area contributed by atoms with Gasteiger partial charge in [-0.1, -0.05) is 18.2 Å². The molecule has 2 aromatic rings. The molecule has 2 N–H and O–H groups in total. The molecule has 0 aromatic heterocycles. The SMILES string of the molecule is O=C1CCC(N2Cc3cc(C4(O)CCN(Cc5c(F)cccc5F)CC4)ccc3C2=O)C(=O)N1. The average molecular weight is 469 g/mol. The largest absolute Gasteiger partial charge is 0.385 e. The minimum Gasteiger partial charge on any atom is -0.385 e. The molecule has 0 radical (unpaired) electrons. The van der Waals surface area contributed by atoms with Crippen LogP contribution in [0, 0.1) is 11.6 Å². The molecule has 3 heterocycles. The lowest BCUT2D eigenvalue weighted by molar-refractivity contribution is -0.136. The number of rotatable bonds is 4. The fourth-order valence-corrected chi connectivity index (χ4v) is 5.14. The van der Waals surface area contributed by atoms with Crippen molar-refractivity contribution in [3.05, 3.63) is 70.3 Å². The second-order valence-corrected chi connectivity index (χ2v) is 9.28. The molecular formula is C25H25F2N3O4. The van der Waals surface area contributed by atoms with Gasteiger partial charge in [-0.3, -0.25) is 24.6 Å². The number of piperidine rings is 2. The Morgan fingerprint density at radius 2 is 1.76 bits per heavy atom. The molecule has 5 rings (SSSR count). The number of carbonyl (C=O) groups is 3. The van der Waals surface area contributed by atoms with Gasteiger partial charge in [-0.25, -0.2) is 8.78 Å². The molecule has 1 unspecified atom stereocenters. The predicted octanol–water partition coefficient (Wildman–Crippen LogP) is 2.21. The zero-order valence-electron chi connectivity index (χ0n) is 18.5. The molecule has 0 spiro atoms. The number of halogens is 2. The minimum atomic E-state index is -1.12. The summed E-state index contributed by atoms with van der Waals surface area (Å²) in [5, 5.41) is 13.6. The molecule has 3 aliphatic heterocycles. The summed E-state index contributed by atoms with van der Waals surface area (Å²) in [4.78, 5) is 40.0. The van der Waals surface area contributed by atoms with Crippen LogP contribution in [-0.4, -0.2) is 51.8 Å². The Morgan fingerprint density at radius 1 is 1.06 bits per heavy atom. The number of nitrogens with one attached hydrogen (secondary N) is 1. The van der Waals surface area contributed by atoms with E-state index >= 15 is 0 Å². The van der Waals surface area contributed by atoms with E-state index in [0.717, 1.165) is 5.56 Å². The minimum absolute atomic E-state index is 0.0255. The van der Waals surface area contributed by atoms with Crippen LogP contribution in [-0.2, 0) is 28.3 Å². The lowest BCUT2D eigenvalue weighted by Gasteiger charge is -2.38. The third kappa shape index (κ3) is 3.99. The molecule has 3 amide bonds. The number of hydrogen-bond acceptors (Lipinski definition) is 5. The first-order chi connectivity index (χ1) is 16.2. The lowest BCUT2D eigenvalue weighted by Crippen LogP contribution is -2.52. The molecular weight excluding hydrogens is 444 g/mol. The summed E-state index contributed by atoms with van der Waals surface area (Å²) in [6, 6.07) is 8.35. The maximum Gasteiger partial charge on any atom is 0.255 e. The number of aliphatic hydroxyl groups is 1. The average Bonchev–Trinajstić information content (AvgIpc) is 3.13. The maximum atomic E-state index is 14.0. The van der Waals surface area contributed by atoms with Crippen LogP contribution in [0.3, 0.4) is 0 Å². The standard InChI is InChI=1S/C25H25F2N3O4/c26-19-2-1-3-20(27)18(19)14-29-10-8-25(34,9-11-29)16-4-5-17-15(12-16)13-30(24(17)33)21-6-7-22(31)28-23(21)32/h1-5,12,21,34H,6-11,13-14H2,(H,28,31,32). The van der Waals surface area contributed by atoms with Crippen LogP contribution in [0.2, 0.25) is 0 Å². The van der Waals surface area contributed by atoms with Gasteiger partial charge in [0.1, 0.15) is 17.7 Å². The Hall–Kier alpha value is -3.17. The van der Waals surface area contributed by atoms with E-state index in [9.17, 15) is 28.3 Å². The van der Waals surface area contributed by atoms with Crippen molar-refractivity contribution in [1.29, 1.82) is 0 Å². The van der Waals surface area contributed by atoms with Crippen molar-refractivity contribution in [2.24, 2.45) is 0 Å². The number of amides is 3. The van der Waals surface area contributed by atoms with Crippen LogP contribution in [0.4, 0.5) is 8.78 Å². The van der Waals surface area contributed by atoms with E-state index in [-0.39, 0.29) is 36.9 Å². The second kappa shape index (κ2) is 8.56. The Kier molecular flexibility index (Phi) is 5.69. The van der Waals surface area contributed by atoms with E-state index in [0.29, 0.717) is 43.5 Å². The van der Waals surface area contributed by atoms with Gasteiger partial charge in [-0.2, -0.15) is 0 Å². The molecule has 178 valence electrons.